The van der Waals surface area contributed by atoms with E-state index in [4.69, 9.17) is 0 Å². The largest absolute Gasteiger partial charge is 0.138 e. The van der Waals surface area contributed by atoms with Crippen LogP contribution >= 0.6 is 0 Å². The molecule has 0 aromatic carbocycles. The Hall–Kier alpha value is -0.483. The van der Waals surface area contributed by atoms with E-state index in [2.05, 4.69) is 44.4 Å². The molecule has 17 heavy (non-hydrogen) atoms. The Morgan fingerprint density at radius 3 is 2.12 bits per heavy atom. The molecule has 0 aliphatic heterocycles. The highest BCUT2D eigenvalue weighted by atomic mass is 28.3. The number of rotatable bonds is 4. The summed E-state index contributed by atoms with van der Waals surface area (Å²) in [4.78, 5) is 0. The van der Waals surface area contributed by atoms with Gasteiger partial charge in [0.1, 0.15) is 8.07 Å². The highest BCUT2D eigenvalue weighted by molar-refractivity contribution is 6.87. The van der Waals surface area contributed by atoms with Crippen LogP contribution in [0.25, 0.3) is 0 Å². The van der Waals surface area contributed by atoms with Gasteiger partial charge < -0.3 is 0 Å². The highest BCUT2D eigenvalue weighted by Gasteiger charge is 2.23. The highest BCUT2D eigenvalue weighted by Crippen LogP contribution is 2.24. The summed E-state index contributed by atoms with van der Waals surface area (Å²) < 4.78 is 0. The van der Waals surface area contributed by atoms with Crippen molar-refractivity contribution in [3.8, 4) is 11.5 Å². The third kappa shape index (κ3) is 4.72. The van der Waals surface area contributed by atoms with Crippen molar-refractivity contribution in [2.75, 3.05) is 0 Å². The summed E-state index contributed by atoms with van der Waals surface area (Å²) in [5.41, 5.74) is 3.62. The van der Waals surface area contributed by atoms with Crippen LogP contribution in [0.1, 0.15) is 52.9 Å². The van der Waals surface area contributed by atoms with E-state index < -0.39 is 8.07 Å². The maximum absolute atomic E-state index is 3.62. The molecule has 1 fully saturated rings. The summed E-state index contributed by atoms with van der Waals surface area (Å²) in [6.07, 6.45) is 11.6. The third-order valence-corrected chi connectivity index (χ3v) is 9.20. The minimum absolute atomic E-state index is 0.819. The van der Waals surface area contributed by atoms with Crippen LogP contribution < -0.4 is 0 Å². The summed E-state index contributed by atoms with van der Waals surface area (Å²) in [5.74, 6) is 4.18. The molecule has 0 spiro atoms. The van der Waals surface area contributed by atoms with Gasteiger partial charge in [0.05, 0.1) is 0 Å². The molecular formula is C16H28Si. The normalized spacial score (nSPS) is 18.1. The first kappa shape index (κ1) is 14.6. The molecule has 0 amide bonds. The Morgan fingerprint density at radius 1 is 1.00 bits per heavy atom. The smallest absolute Gasteiger partial charge is 0.127 e. The molecule has 0 atom stereocenters. The first-order valence-electron chi connectivity index (χ1n) is 7.45. The Bertz CT molecular complexity index is 274. The Labute approximate surface area is 109 Å². The minimum Gasteiger partial charge on any atom is -0.127 e. The van der Waals surface area contributed by atoms with E-state index in [1.165, 1.54) is 50.2 Å². The summed E-state index contributed by atoms with van der Waals surface area (Å²) >= 11 is 0. The topological polar surface area (TPSA) is 0 Å². The van der Waals surface area contributed by atoms with Gasteiger partial charge in [-0.15, -0.1) is 5.54 Å². The lowest BCUT2D eigenvalue weighted by Crippen LogP contribution is -2.29. The van der Waals surface area contributed by atoms with Crippen LogP contribution in [0.5, 0.6) is 0 Å². The predicted octanol–water partition coefficient (Wildman–Crippen LogP) is 5.17. The molecule has 0 N–H and O–H groups in total. The lowest BCUT2D eigenvalue weighted by atomic mass is 9.89. The molecule has 0 bridgehead atoms. The van der Waals surface area contributed by atoms with E-state index in [0.717, 1.165) is 5.92 Å². The average molecular weight is 248 g/mol. The first-order chi connectivity index (χ1) is 8.26. The van der Waals surface area contributed by atoms with Crippen molar-refractivity contribution in [2.24, 2.45) is 5.92 Å². The van der Waals surface area contributed by atoms with Crippen molar-refractivity contribution < 1.29 is 0 Å². The second-order valence-electron chi connectivity index (χ2n) is 5.37. The average Bonchev–Trinajstić information content (AvgIpc) is 2.41. The summed E-state index contributed by atoms with van der Waals surface area (Å²) in [5, 5.41) is 0. The van der Waals surface area contributed by atoms with Gasteiger partial charge in [0.15, 0.2) is 0 Å². The molecule has 0 heterocycles. The molecule has 1 saturated carbocycles. The van der Waals surface area contributed by atoms with Crippen LogP contribution in [0.2, 0.25) is 18.1 Å². The molecule has 0 unspecified atom stereocenters. The maximum atomic E-state index is 3.62. The van der Waals surface area contributed by atoms with Gasteiger partial charge in [-0.05, 0) is 43.0 Å². The zero-order valence-corrected chi connectivity index (χ0v) is 12.9. The molecule has 0 radical (unpaired) electrons. The summed E-state index contributed by atoms with van der Waals surface area (Å²) in [7, 11) is -1.22. The zero-order chi connectivity index (χ0) is 12.6. The van der Waals surface area contributed by atoms with Gasteiger partial charge in [-0.1, -0.05) is 52.0 Å². The molecule has 1 heteroatoms. The Morgan fingerprint density at radius 2 is 1.59 bits per heavy atom. The van der Waals surface area contributed by atoms with Gasteiger partial charge in [0, 0.05) is 0 Å². The lowest BCUT2D eigenvalue weighted by molar-refractivity contribution is 0.419. The monoisotopic (exact) mass is 248 g/mol. The quantitative estimate of drug-likeness (QED) is 0.475. The summed E-state index contributed by atoms with van der Waals surface area (Å²) in [6.45, 7) is 6.95. The number of allylic oxidation sites excluding steroid dienone is 2. The van der Waals surface area contributed by atoms with Crippen molar-refractivity contribution in [3.63, 3.8) is 0 Å². The van der Waals surface area contributed by atoms with Gasteiger partial charge in [-0.2, -0.15) is 0 Å². The van der Waals surface area contributed by atoms with Crippen LogP contribution in [0, 0.1) is 17.4 Å². The molecule has 96 valence electrons. The van der Waals surface area contributed by atoms with Crippen molar-refractivity contribution >= 4 is 8.07 Å². The minimum atomic E-state index is -1.22. The number of hydrogen-bond donors (Lipinski definition) is 0. The van der Waals surface area contributed by atoms with Crippen LogP contribution in [0.3, 0.4) is 0 Å². The molecule has 1 aliphatic rings. The predicted molar refractivity (Wildman–Crippen MR) is 80.7 cm³/mol. The van der Waals surface area contributed by atoms with E-state index in [9.17, 15) is 0 Å². The van der Waals surface area contributed by atoms with E-state index >= 15 is 0 Å². The fraction of sp³-hybridized carbons (Fsp3) is 0.750. The van der Waals surface area contributed by atoms with Crippen LogP contribution in [0.4, 0.5) is 0 Å². The van der Waals surface area contributed by atoms with Crippen molar-refractivity contribution in [1.29, 1.82) is 0 Å². The van der Waals surface area contributed by atoms with Gasteiger partial charge >= 0.3 is 0 Å². The molecule has 1 rings (SSSR count). The molecule has 0 aromatic rings. The fourth-order valence-electron chi connectivity index (χ4n) is 2.72. The van der Waals surface area contributed by atoms with Crippen LogP contribution in [-0.4, -0.2) is 8.07 Å². The van der Waals surface area contributed by atoms with Crippen molar-refractivity contribution in [1.82, 2.24) is 0 Å². The fourth-order valence-corrected chi connectivity index (χ4v) is 5.14. The van der Waals surface area contributed by atoms with Crippen LogP contribution in [0.15, 0.2) is 12.2 Å². The molecule has 0 nitrogen and oxygen atoms in total. The third-order valence-electron chi connectivity index (χ3n) is 4.47. The van der Waals surface area contributed by atoms with Gasteiger partial charge in [0.2, 0.25) is 0 Å². The molecule has 1 aliphatic carbocycles. The van der Waals surface area contributed by atoms with Crippen molar-refractivity contribution in [3.05, 3.63) is 12.2 Å². The van der Waals surface area contributed by atoms with E-state index in [1.807, 2.05) is 0 Å². The second-order valence-corrected chi connectivity index (χ2v) is 10.3. The molecular weight excluding hydrogens is 220 g/mol. The number of hydrogen-bond acceptors (Lipinski definition) is 0. The maximum Gasteiger partial charge on any atom is 0.138 e. The van der Waals surface area contributed by atoms with E-state index in [0.29, 0.717) is 0 Å². The molecule has 0 saturated heterocycles. The Balaban J connectivity index is 2.50. The van der Waals surface area contributed by atoms with E-state index in [-0.39, 0.29) is 0 Å². The SMILES string of the molecule is CC[Si](C#C/C=C\C1CCCCC1)(CC)CC. The van der Waals surface area contributed by atoms with E-state index in [1.54, 1.807) is 0 Å². The van der Waals surface area contributed by atoms with Gasteiger partial charge in [0.25, 0.3) is 0 Å². The van der Waals surface area contributed by atoms with Crippen molar-refractivity contribution in [2.45, 2.75) is 71.0 Å². The first-order valence-corrected chi connectivity index (χ1v) is 10.1. The lowest BCUT2D eigenvalue weighted by Gasteiger charge is -2.20. The van der Waals surface area contributed by atoms with Gasteiger partial charge in [-0.25, -0.2) is 0 Å². The van der Waals surface area contributed by atoms with Gasteiger partial charge in [-0.3, -0.25) is 0 Å². The summed E-state index contributed by atoms with van der Waals surface area (Å²) in [6, 6.07) is 3.93. The zero-order valence-electron chi connectivity index (χ0n) is 11.9. The second kappa shape index (κ2) is 7.77. The van der Waals surface area contributed by atoms with Crippen LogP contribution in [-0.2, 0) is 0 Å². The standard InChI is InChI=1S/C16H28Si/c1-4-17(5-2,6-3)15-11-10-14-16-12-8-7-9-13-16/h10,14,16H,4-9,12-13H2,1-3H3/b14-10-. The Kier molecular flexibility index (Phi) is 6.66. The molecule has 0 aromatic heterocycles.